The van der Waals surface area contributed by atoms with Crippen LogP contribution in [0, 0.1) is 0 Å². The van der Waals surface area contributed by atoms with E-state index in [0.29, 0.717) is 18.8 Å². The molecule has 0 unspecified atom stereocenters. The molecule has 102 valence electrons. The van der Waals surface area contributed by atoms with Gasteiger partial charge in [-0.25, -0.2) is 0 Å². The Bertz CT molecular complexity index is 434. The van der Waals surface area contributed by atoms with Gasteiger partial charge in [-0.3, -0.25) is 4.79 Å². The zero-order valence-electron chi connectivity index (χ0n) is 11.3. The van der Waals surface area contributed by atoms with Gasteiger partial charge in [0.1, 0.15) is 5.75 Å². The molecule has 1 rings (SSSR count). The third-order valence-electron chi connectivity index (χ3n) is 2.59. The summed E-state index contributed by atoms with van der Waals surface area (Å²) in [5, 5.41) is 3.08. The van der Waals surface area contributed by atoms with Gasteiger partial charge in [-0.05, 0) is 12.1 Å². The molecule has 4 heteroatoms. The summed E-state index contributed by atoms with van der Waals surface area (Å²) < 4.78 is 5.21. The topological polar surface area (TPSA) is 41.6 Å². The summed E-state index contributed by atoms with van der Waals surface area (Å²) >= 11 is 0. The largest absolute Gasteiger partial charge is 0.495 e. The fourth-order valence-corrected chi connectivity index (χ4v) is 1.66. The first-order chi connectivity index (χ1) is 9.22. The molecule has 0 aliphatic rings. The lowest BCUT2D eigenvalue weighted by atomic mass is 10.3. The first kappa shape index (κ1) is 14.8. The van der Waals surface area contributed by atoms with Crippen LogP contribution in [0.1, 0.15) is 0 Å². The third kappa shape index (κ3) is 4.50. The van der Waals surface area contributed by atoms with E-state index in [2.05, 4.69) is 18.5 Å². The molecule has 0 aromatic heterocycles. The van der Waals surface area contributed by atoms with Gasteiger partial charge in [0.15, 0.2) is 0 Å². The van der Waals surface area contributed by atoms with Gasteiger partial charge in [-0.2, -0.15) is 0 Å². The average Bonchev–Trinajstić information content (AvgIpc) is 2.44. The van der Waals surface area contributed by atoms with Crippen molar-refractivity contribution in [2.24, 2.45) is 0 Å². The van der Waals surface area contributed by atoms with E-state index >= 15 is 0 Å². The van der Waals surface area contributed by atoms with E-state index < -0.39 is 0 Å². The molecule has 0 aliphatic carbocycles. The Hall–Kier alpha value is -2.23. The number of benzene rings is 1. The molecule has 0 saturated heterocycles. The Kier molecular flexibility index (Phi) is 6.22. The number of para-hydroxylation sites is 2. The predicted molar refractivity (Wildman–Crippen MR) is 78.5 cm³/mol. The van der Waals surface area contributed by atoms with E-state index in [9.17, 15) is 4.79 Å². The zero-order chi connectivity index (χ0) is 14.1. The van der Waals surface area contributed by atoms with Crippen LogP contribution >= 0.6 is 0 Å². The van der Waals surface area contributed by atoms with E-state index in [4.69, 9.17) is 4.74 Å². The molecule has 1 N–H and O–H groups in total. The van der Waals surface area contributed by atoms with Crippen LogP contribution in [0.5, 0.6) is 5.75 Å². The molecule has 0 fully saturated rings. The first-order valence-electron chi connectivity index (χ1n) is 6.09. The van der Waals surface area contributed by atoms with Gasteiger partial charge in [-0.1, -0.05) is 24.3 Å². The van der Waals surface area contributed by atoms with Crippen molar-refractivity contribution < 1.29 is 9.53 Å². The first-order valence-corrected chi connectivity index (χ1v) is 6.09. The highest BCUT2D eigenvalue weighted by atomic mass is 16.5. The molecule has 19 heavy (non-hydrogen) atoms. The molecule has 0 saturated carbocycles. The number of amides is 1. The van der Waals surface area contributed by atoms with E-state index in [1.54, 1.807) is 24.2 Å². The van der Waals surface area contributed by atoms with Gasteiger partial charge in [0.05, 0.1) is 19.3 Å². The number of ether oxygens (including phenoxy) is 1. The molecule has 0 atom stereocenters. The van der Waals surface area contributed by atoms with E-state index in [1.807, 2.05) is 24.3 Å². The number of anilines is 1. The van der Waals surface area contributed by atoms with Gasteiger partial charge in [0.2, 0.25) is 5.91 Å². The van der Waals surface area contributed by atoms with Gasteiger partial charge in [0, 0.05) is 13.1 Å². The number of carbonyl (C=O) groups excluding carboxylic acids is 1. The maximum absolute atomic E-state index is 12.0. The van der Waals surface area contributed by atoms with Crippen LogP contribution in [0.25, 0.3) is 0 Å². The van der Waals surface area contributed by atoms with Crippen molar-refractivity contribution in [3.05, 3.63) is 49.6 Å². The lowest BCUT2D eigenvalue weighted by molar-refractivity contribution is -0.128. The van der Waals surface area contributed by atoms with E-state index in [0.717, 1.165) is 5.69 Å². The lowest BCUT2D eigenvalue weighted by Crippen LogP contribution is -2.35. The second-order valence-electron chi connectivity index (χ2n) is 3.93. The Morgan fingerprint density at radius 2 is 1.95 bits per heavy atom. The lowest BCUT2D eigenvalue weighted by Gasteiger charge is -2.20. The molecule has 1 aromatic rings. The van der Waals surface area contributed by atoms with Gasteiger partial charge >= 0.3 is 0 Å². The second-order valence-corrected chi connectivity index (χ2v) is 3.93. The van der Waals surface area contributed by atoms with Gasteiger partial charge < -0.3 is 15.0 Å². The van der Waals surface area contributed by atoms with Gasteiger partial charge in [-0.15, -0.1) is 13.2 Å². The number of methoxy groups -OCH3 is 1. The highest BCUT2D eigenvalue weighted by molar-refractivity contribution is 5.81. The van der Waals surface area contributed by atoms with Crippen LogP contribution in [0.2, 0.25) is 0 Å². The summed E-state index contributed by atoms with van der Waals surface area (Å²) in [6.07, 6.45) is 3.40. The number of hydrogen-bond donors (Lipinski definition) is 1. The monoisotopic (exact) mass is 260 g/mol. The van der Waals surface area contributed by atoms with Crippen LogP contribution in [0.4, 0.5) is 5.69 Å². The van der Waals surface area contributed by atoms with Crippen molar-refractivity contribution in [1.82, 2.24) is 4.90 Å². The minimum absolute atomic E-state index is 0.00861. The number of nitrogens with zero attached hydrogens (tertiary/aromatic N) is 1. The molecule has 0 radical (unpaired) electrons. The van der Waals surface area contributed by atoms with Crippen molar-refractivity contribution in [1.29, 1.82) is 0 Å². The normalized spacial score (nSPS) is 9.53. The molecule has 0 bridgehead atoms. The number of carbonyl (C=O) groups is 1. The standard InChI is InChI=1S/C15H20N2O2/c1-4-10-17(11-5-2)15(18)12-16-13-8-6-7-9-14(13)19-3/h4-9,16H,1-2,10-12H2,3H3. The fraction of sp³-hybridized carbons (Fsp3) is 0.267. The van der Waals surface area contributed by atoms with Crippen LogP contribution in [-0.2, 0) is 4.79 Å². The maximum Gasteiger partial charge on any atom is 0.242 e. The Morgan fingerprint density at radius 3 is 2.53 bits per heavy atom. The molecular formula is C15H20N2O2. The van der Waals surface area contributed by atoms with E-state index in [1.165, 1.54) is 0 Å². The summed E-state index contributed by atoms with van der Waals surface area (Å²) in [5.41, 5.74) is 0.801. The average molecular weight is 260 g/mol. The second kappa shape index (κ2) is 7.97. The van der Waals surface area contributed by atoms with Crippen LogP contribution in [0.3, 0.4) is 0 Å². The fourth-order valence-electron chi connectivity index (χ4n) is 1.66. The predicted octanol–water partition coefficient (Wildman–Crippen LogP) is 2.31. The van der Waals surface area contributed by atoms with Crippen molar-refractivity contribution in [2.75, 3.05) is 32.1 Å². The molecule has 4 nitrogen and oxygen atoms in total. The van der Waals surface area contributed by atoms with Crippen molar-refractivity contribution in [2.45, 2.75) is 0 Å². The Balaban J connectivity index is 2.61. The van der Waals surface area contributed by atoms with Crippen molar-refractivity contribution >= 4 is 11.6 Å². The summed E-state index contributed by atoms with van der Waals surface area (Å²) in [6.45, 7) is 8.52. The molecular weight excluding hydrogens is 240 g/mol. The quantitative estimate of drug-likeness (QED) is 0.729. The number of rotatable bonds is 8. The summed E-state index contributed by atoms with van der Waals surface area (Å²) in [4.78, 5) is 13.7. The smallest absolute Gasteiger partial charge is 0.242 e. The van der Waals surface area contributed by atoms with Crippen LogP contribution in [-0.4, -0.2) is 37.6 Å². The molecule has 0 aliphatic heterocycles. The van der Waals surface area contributed by atoms with Crippen molar-refractivity contribution in [3.8, 4) is 5.75 Å². The SMILES string of the molecule is C=CCN(CC=C)C(=O)CNc1ccccc1OC. The van der Waals surface area contributed by atoms with Crippen LogP contribution in [0.15, 0.2) is 49.6 Å². The minimum atomic E-state index is -0.00861. The summed E-state index contributed by atoms with van der Waals surface area (Å²) in [5.74, 6) is 0.708. The molecule has 0 heterocycles. The Labute approximate surface area is 114 Å². The molecule has 1 amide bonds. The Morgan fingerprint density at radius 1 is 1.32 bits per heavy atom. The van der Waals surface area contributed by atoms with Gasteiger partial charge in [0.25, 0.3) is 0 Å². The van der Waals surface area contributed by atoms with E-state index in [-0.39, 0.29) is 12.5 Å². The van der Waals surface area contributed by atoms with Crippen molar-refractivity contribution in [3.63, 3.8) is 0 Å². The third-order valence-corrected chi connectivity index (χ3v) is 2.59. The molecule has 1 aromatic carbocycles. The highest BCUT2D eigenvalue weighted by Gasteiger charge is 2.11. The number of hydrogen-bond acceptors (Lipinski definition) is 3. The highest BCUT2D eigenvalue weighted by Crippen LogP contribution is 2.22. The maximum atomic E-state index is 12.0. The molecule has 0 spiro atoms. The number of nitrogens with one attached hydrogen (secondary N) is 1. The zero-order valence-corrected chi connectivity index (χ0v) is 11.3. The minimum Gasteiger partial charge on any atom is -0.495 e. The summed E-state index contributed by atoms with van der Waals surface area (Å²) in [7, 11) is 1.60. The summed E-state index contributed by atoms with van der Waals surface area (Å²) in [6, 6.07) is 7.49. The van der Waals surface area contributed by atoms with Crippen LogP contribution < -0.4 is 10.1 Å².